The van der Waals surface area contributed by atoms with Crippen LogP contribution < -0.4 is 15.0 Å². The fraction of sp³-hybridized carbons (Fsp3) is 0.282. The molecule has 6 aromatic rings. The molecule has 13 nitrogen and oxygen atoms in total. The SMILES string of the molecule is COc1nc(N(C)CCOCCNC(=O)C[C@@H]2N=C(c3ccc(Cl)cc3)c3c(sc(C)c3C)-n3c(C)nnc32)ccc1-c1cc2c(C(=O)O)c[nH]c2cc1Cl. The number of methoxy groups -OCH3 is 1. The molecule has 3 N–H and O–H groups in total. The molecule has 0 bridgehead atoms. The number of carbonyl (C=O) groups is 2. The molecule has 5 heterocycles. The van der Waals surface area contributed by atoms with E-state index in [9.17, 15) is 14.7 Å². The second-order valence-corrected chi connectivity index (χ2v) is 15.2. The first-order valence-electron chi connectivity index (χ1n) is 17.5. The van der Waals surface area contributed by atoms with Gasteiger partial charge in [0.25, 0.3) is 0 Å². The highest BCUT2D eigenvalue weighted by atomic mass is 35.5. The lowest BCUT2D eigenvalue weighted by atomic mass is 9.99. The summed E-state index contributed by atoms with van der Waals surface area (Å²) in [6.45, 7) is 7.62. The predicted octanol–water partition coefficient (Wildman–Crippen LogP) is 7.36. The van der Waals surface area contributed by atoms with Crippen LogP contribution in [-0.4, -0.2) is 87.9 Å². The van der Waals surface area contributed by atoms with Gasteiger partial charge in [-0.1, -0.05) is 35.3 Å². The van der Waals surface area contributed by atoms with Gasteiger partial charge in [0.05, 0.1) is 43.0 Å². The number of aromatic amines is 1. The number of nitrogens with zero attached hydrogens (tertiary/aromatic N) is 6. The van der Waals surface area contributed by atoms with Crippen molar-refractivity contribution < 1.29 is 24.2 Å². The molecule has 0 fully saturated rings. The Bertz CT molecular complexity index is 2460. The van der Waals surface area contributed by atoms with Crippen LogP contribution in [0.3, 0.4) is 0 Å². The van der Waals surface area contributed by atoms with E-state index in [1.165, 1.54) is 18.2 Å². The number of fused-ring (bicyclic) bond motifs is 4. The van der Waals surface area contributed by atoms with Gasteiger partial charge in [-0.05, 0) is 62.7 Å². The zero-order chi connectivity index (χ0) is 39.0. The number of pyridine rings is 1. The molecule has 1 aliphatic heterocycles. The van der Waals surface area contributed by atoms with Gasteiger partial charge >= 0.3 is 5.97 Å². The number of aliphatic imine (C=N–C) groups is 1. The molecule has 55 heavy (non-hydrogen) atoms. The van der Waals surface area contributed by atoms with Crippen molar-refractivity contribution >= 4 is 68.8 Å². The molecular formula is C39H38Cl2N8O5S. The zero-order valence-corrected chi connectivity index (χ0v) is 33.1. The largest absolute Gasteiger partial charge is 0.480 e. The molecule has 0 saturated heterocycles. The van der Waals surface area contributed by atoms with E-state index in [-0.39, 0.29) is 17.9 Å². The molecule has 1 atom stereocenters. The molecule has 1 amide bonds. The number of likely N-dealkylation sites (N-methyl/N-ethyl adjacent to an activating group) is 1. The standard InChI is InChI=1S/C39H38Cl2N8O5S/c1-20-21(2)55-38-34(20)35(23-6-8-24(40)9-7-23)44-31(36-47-46-22(3)49(36)38)18-33(50)42-12-14-54-15-13-48(4)32-11-10-25(37(45-32)53-5)26-16-27-28(39(51)52)19-43-30(27)17-29(26)41/h6-11,16-17,19,31,43H,12-15,18H2,1-5H3,(H,42,50)(H,51,52)/t31-/m0/s1. The minimum absolute atomic E-state index is 0.0827. The Labute approximate surface area is 330 Å². The first kappa shape index (κ1) is 38.0. The molecule has 0 unspecified atom stereocenters. The summed E-state index contributed by atoms with van der Waals surface area (Å²) in [5.41, 5.74) is 5.84. The monoisotopic (exact) mass is 800 g/mol. The average Bonchev–Trinajstić information content (AvgIpc) is 3.82. The van der Waals surface area contributed by atoms with Crippen molar-refractivity contribution in [3.05, 3.63) is 104 Å². The Morgan fingerprint density at radius 3 is 2.58 bits per heavy atom. The van der Waals surface area contributed by atoms with Crippen LogP contribution in [0.1, 0.15) is 56.0 Å². The molecule has 2 aromatic carbocycles. The highest BCUT2D eigenvalue weighted by molar-refractivity contribution is 7.15. The van der Waals surface area contributed by atoms with Crippen molar-refractivity contribution in [2.24, 2.45) is 4.99 Å². The molecule has 1 aliphatic rings. The minimum Gasteiger partial charge on any atom is -0.480 e. The number of halogens is 2. The maximum absolute atomic E-state index is 13.3. The summed E-state index contributed by atoms with van der Waals surface area (Å²) in [6, 6.07) is 14.1. The number of aryl methyl sites for hydroxylation is 2. The molecule has 4 aromatic heterocycles. The van der Waals surface area contributed by atoms with Crippen LogP contribution in [0.4, 0.5) is 5.82 Å². The number of carboxylic acids is 1. The topological polar surface area (TPSA) is 160 Å². The van der Waals surface area contributed by atoms with Gasteiger partial charge in [-0.3, -0.25) is 14.4 Å². The molecule has 0 radical (unpaired) electrons. The third-order valence-electron chi connectivity index (χ3n) is 9.60. The van der Waals surface area contributed by atoms with Gasteiger partial charge in [-0.2, -0.15) is 4.98 Å². The summed E-state index contributed by atoms with van der Waals surface area (Å²) in [5, 5.41) is 24.0. The molecule has 16 heteroatoms. The third kappa shape index (κ3) is 7.55. The summed E-state index contributed by atoms with van der Waals surface area (Å²) in [6.07, 6.45) is 1.53. The first-order valence-corrected chi connectivity index (χ1v) is 19.0. The van der Waals surface area contributed by atoms with E-state index in [2.05, 4.69) is 39.3 Å². The van der Waals surface area contributed by atoms with Crippen LogP contribution in [-0.2, 0) is 9.53 Å². The summed E-state index contributed by atoms with van der Waals surface area (Å²) in [4.78, 5) is 40.9. The Kier molecular flexibility index (Phi) is 10.9. The van der Waals surface area contributed by atoms with Gasteiger partial charge < -0.3 is 29.8 Å². The number of anilines is 1. The van der Waals surface area contributed by atoms with Crippen molar-refractivity contribution in [1.29, 1.82) is 0 Å². The smallest absolute Gasteiger partial charge is 0.337 e. The fourth-order valence-corrected chi connectivity index (χ4v) is 8.20. The minimum atomic E-state index is -1.04. The fourth-order valence-electron chi connectivity index (χ4n) is 6.59. The predicted molar refractivity (Wildman–Crippen MR) is 215 cm³/mol. The van der Waals surface area contributed by atoms with Crippen LogP contribution in [0.2, 0.25) is 10.0 Å². The van der Waals surface area contributed by atoms with Crippen LogP contribution in [0.25, 0.3) is 27.0 Å². The average molecular weight is 802 g/mol. The van der Waals surface area contributed by atoms with Crippen molar-refractivity contribution in [2.45, 2.75) is 33.2 Å². The Morgan fingerprint density at radius 1 is 1.05 bits per heavy atom. The number of H-pyrrole nitrogens is 1. The van der Waals surface area contributed by atoms with Gasteiger partial charge in [-0.25, -0.2) is 4.79 Å². The van der Waals surface area contributed by atoms with Gasteiger partial charge in [0.2, 0.25) is 11.8 Å². The van der Waals surface area contributed by atoms with Gasteiger partial charge in [0.1, 0.15) is 22.7 Å². The maximum Gasteiger partial charge on any atom is 0.337 e. The molecule has 284 valence electrons. The maximum atomic E-state index is 13.3. The van der Waals surface area contributed by atoms with Crippen molar-refractivity contribution in [2.75, 3.05) is 45.4 Å². The zero-order valence-electron chi connectivity index (χ0n) is 30.7. The normalized spacial score (nSPS) is 13.6. The highest BCUT2D eigenvalue weighted by Crippen LogP contribution is 2.40. The number of nitrogens with one attached hydrogen (secondary N) is 2. The van der Waals surface area contributed by atoms with Gasteiger partial charge in [0.15, 0.2) is 5.82 Å². The lowest BCUT2D eigenvalue weighted by Gasteiger charge is -2.20. The highest BCUT2D eigenvalue weighted by Gasteiger charge is 2.32. The summed E-state index contributed by atoms with van der Waals surface area (Å²) < 4.78 is 13.5. The van der Waals surface area contributed by atoms with Crippen molar-refractivity contribution in [3.63, 3.8) is 0 Å². The van der Waals surface area contributed by atoms with Crippen LogP contribution in [0.5, 0.6) is 5.88 Å². The molecular weight excluding hydrogens is 763 g/mol. The number of carbonyl (C=O) groups excluding carboxylic acids is 1. The Hall–Kier alpha value is -5.28. The van der Waals surface area contributed by atoms with Crippen molar-refractivity contribution in [1.82, 2.24) is 30.0 Å². The lowest BCUT2D eigenvalue weighted by Crippen LogP contribution is -2.30. The molecule has 0 spiro atoms. The summed E-state index contributed by atoms with van der Waals surface area (Å²) in [5.74, 6) is 1.12. The Balaban J connectivity index is 0.964. The van der Waals surface area contributed by atoms with Gasteiger partial charge in [0, 0.05) is 69.4 Å². The first-order chi connectivity index (χ1) is 26.4. The van der Waals surface area contributed by atoms with Crippen LogP contribution in [0.15, 0.2) is 59.7 Å². The second kappa shape index (κ2) is 15.8. The van der Waals surface area contributed by atoms with E-state index in [1.807, 2.05) is 59.8 Å². The van der Waals surface area contributed by atoms with Crippen molar-refractivity contribution in [3.8, 4) is 22.0 Å². The number of aromatic carboxylic acids is 1. The third-order valence-corrected chi connectivity index (χ3v) is 11.4. The summed E-state index contributed by atoms with van der Waals surface area (Å²) >= 11 is 14.5. The lowest BCUT2D eigenvalue weighted by molar-refractivity contribution is -0.121. The second-order valence-electron chi connectivity index (χ2n) is 13.1. The quantitative estimate of drug-likeness (QED) is 0.101. The van der Waals surface area contributed by atoms with E-state index in [0.717, 1.165) is 33.2 Å². The number of hydrogen-bond donors (Lipinski definition) is 3. The van der Waals surface area contributed by atoms with Crippen LogP contribution in [0, 0.1) is 20.8 Å². The van der Waals surface area contributed by atoms with E-state index in [0.29, 0.717) is 75.9 Å². The number of ether oxygens (including phenoxy) is 2. The molecule has 7 rings (SSSR count). The number of carboxylic acid groups (broad SMARTS) is 1. The number of hydrogen-bond acceptors (Lipinski definition) is 10. The van der Waals surface area contributed by atoms with E-state index < -0.39 is 12.0 Å². The summed E-state index contributed by atoms with van der Waals surface area (Å²) in [7, 11) is 3.41. The van der Waals surface area contributed by atoms with Gasteiger partial charge in [-0.15, -0.1) is 21.5 Å². The van der Waals surface area contributed by atoms with E-state index in [4.69, 9.17) is 37.7 Å². The molecule has 0 saturated carbocycles. The number of amides is 1. The van der Waals surface area contributed by atoms with E-state index >= 15 is 0 Å². The number of rotatable bonds is 13. The van der Waals surface area contributed by atoms with Crippen LogP contribution >= 0.6 is 34.5 Å². The van der Waals surface area contributed by atoms with E-state index in [1.54, 1.807) is 23.5 Å². The Morgan fingerprint density at radius 2 is 1.84 bits per heavy atom. The number of benzene rings is 2. The molecule has 0 aliphatic carbocycles. The number of aromatic nitrogens is 5. The number of thiophene rings is 1.